The molecule has 0 saturated carbocycles. The number of rotatable bonds is 4. The molecule has 1 aliphatic heterocycles. The molecule has 158 valence electrons. The minimum absolute atomic E-state index is 0.0468. The van der Waals surface area contributed by atoms with E-state index in [-0.39, 0.29) is 22.8 Å². The fourth-order valence-electron chi connectivity index (χ4n) is 3.52. The number of aromatic hydroxyl groups is 1. The number of hydrogen-bond donors (Lipinski definition) is 2. The van der Waals surface area contributed by atoms with Crippen LogP contribution in [0.25, 0.3) is 5.76 Å². The number of ether oxygens (including phenoxy) is 1. The molecule has 1 aliphatic rings. The lowest BCUT2D eigenvalue weighted by Gasteiger charge is -2.23. The minimum Gasteiger partial charge on any atom is -0.507 e. The average molecular weight is 436 g/mol. The molecule has 4 rings (SSSR count). The molecule has 7 nitrogen and oxygen atoms in total. The van der Waals surface area contributed by atoms with Crippen molar-refractivity contribution in [2.75, 3.05) is 12.0 Å². The van der Waals surface area contributed by atoms with Crippen LogP contribution < -0.4 is 9.64 Å². The summed E-state index contributed by atoms with van der Waals surface area (Å²) in [7, 11) is 1.41. The lowest BCUT2D eigenvalue weighted by molar-refractivity contribution is -0.132. The highest BCUT2D eigenvalue weighted by molar-refractivity contribution is 7.16. The first-order valence-electron chi connectivity index (χ1n) is 9.50. The molecule has 1 fully saturated rings. The Morgan fingerprint density at radius 1 is 1.13 bits per heavy atom. The zero-order chi connectivity index (χ0) is 22.3. The van der Waals surface area contributed by atoms with Crippen molar-refractivity contribution in [3.05, 3.63) is 75.8 Å². The van der Waals surface area contributed by atoms with E-state index >= 15 is 0 Å². The molecule has 8 heteroatoms. The van der Waals surface area contributed by atoms with Crippen molar-refractivity contribution in [1.29, 1.82) is 0 Å². The SMILES string of the molecule is COc1cc(C2C(=C(O)c3ccccc3)C(=O)C(=O)N2c2nc(C)c(C)s2)ccc1O. The van der Waals surface area contributed by atoms with E-state index in [2.05, 4.69) is 4.98 Å². The van der Waals surface area contributed by atoms with Gasteiger partial charge in [0.05, 0.1) is 24.4 Å². The molecule has 2 heterocycles. The number of aliphatic hydroxyl groups excluding tert-OH is 1. The Bertz CT molecular complexity index is 1200. The normalized spacial score (nSPS) is 17.9. The van der Waals surface area contributed by atoms with Crippen molar-refractivity contribution in [2.45, 2.75) is 19.9 Å². The maximum atomic E-state index is 13.1. The zero-order valence-corrected chi connectivity index (χ0v) is 17.9. The number of benzene rings is 2. The maximum Gasteiger partial charge on any atom is 0.301 e. The zero-order valence-electron chi connectivity index (χ0n) is 17.1. The Labute approximate surface area is 182 Å². The van der Waals surface area contributed by atoms with Crippen molar-refractivity contribution in [3.8, 4) is 11.5 Å². The molecule has 0 aliphatic carbocycles. The van der Waals surface area contributed by atoms with E-state index in [4.69, 9.17) is 4.74 Å². The number of aromatic nitrogens is 1. The maximum absolute atomic E-state index is 13.1. The number of phenolic OH excluding ortho intramolecular Hbond substituents is 1. The van der Waals surface area contributed by atoms with Gasteiger partial charge in [0, 0.05) is 10.4 Å². The van der Waals surface area contributed by atoms with Gasteiger partial charge in [-0.25, -0.2) is 4.98 Å². The summed E-state index contributed by atoms with van der Waals surface area (Å²) >= 11 is 1.30. The number of nitrogens with zero attached hydrogens (tertiary/aromatic N) is 2. The van der Waals surface area contributed by atoms with Gasteiger partial charge < -0.3 is 14.9 Å². The Kier molecular flexibility index (Phi) is 5.24. The molecule has 0 spiro atoms. The van der Waals surface area contributed by atoms with E-state index in [1.807, 2.05) is 13.8 Å². The Balaban J connectivity index is 1.98. The third kappa shape index (κ3) is 3.44. The first-order chi connectivity index (χ1) is 14.8. The summed E-state index contributed by atoms with van der Waals surface area (Å²) in [6.45, 7) is 3.71. The lowest BCUT2D eigenvalue weighted by atomic mass is 9.95. The van der Waals surface area contributed by atoms with Crippen LogP contribution in [0.3, 0.4) is 0 Å². The average Bonchev–Trinajstić information content (AvgIpc) is 3.24. The highest BCUT2D eigenvalue weighted by atomic mass is 32.1. The van der Waals surface area contributed by atoms with Crippen molar-refractivity contribution >= 4 is 33.9 Å². The molecule has 2 N–H and O–H groups in total. The molecule has 0 bridgehead atoms. The molecule has 0 radical (unpaired) electrons. The first-order valence-corrected chi connectivity index (χ1v) is 10.3. The van der Waals surface area contributed by atoms with Crippen LogP contribution in [0.4, 0.5) is 5.13 Å². The topological polar surface area (TPSA) is 100.0 Å². The van der Waals surface area contributed by atoms with Gasteiger partial charge in [-0.2, -0.15) is 0 Å². The summed E-state index contributed by atoms with van der Waals surface area (Å²) in [6.07, 6.45) is 0. The fourth-order valence-corrected chi connectivity index (χ4v) is 4.46. The predicted octanol–water partition coefficient (Wildman–Crippen LogP) is 4.10. The lowest BCUT2D eigenvalue weighted by Crippen LogP contribution is -2.29. The Hall–Kier alpha value is -3.65. The quantitative estimate of drug-likeness (QED) is 0.363. The van der Waals surface area contributed by atoms with Gasteiger partial charge in [-0.1, -0.05) is 36.4 Å². The molecule has 3 aromatic rings. The standard InChI is InChI=1S/C23H20N2O5S/c1-12-13(2)31-23(24-12)25-19(15-9-10-16(26)17(11-15)30-3)18(21(28)22(25)29)20(27)14-7-5-4-6-8-14/h4-11,19,26-27H,1-3H3. The largest absolute Gasteiger partial charge is 0.507 e. The van der Waals surface area contributed by atoms with Gasteiger partial charge in [-0.05, 0) is 31.5 Å². The van der Waals surface area contributed by atoms with Gasteiger partial charge in [-0.3, -0.25) is 14.5 Å². The highest BCUT2D eigenvalue weighted by Gasteiger charge is 2.48. The summed E-state index contributed by atoms with van der Waals surface area (Å²) in [5.41, 5.74) is 1.63. The number of anilines is 1. The second-order valence-electron chi connectivity index (χ2n) is 7.10. The molecule has 1 amide bonds. The molecule has 31 heavy (non-hydrogen) atoms. The minimum atomic E-state index is -0.931. The van der Waals surface area contributed by atoms with Crippen molar-refractivity contribution in [2.24, 2.45) is 0 Å². The van der Waals surface area contributed by atoms with E-state index in [0.29, 0.717) is 16.3 Å². The first kappa shape index (κ1) is 20.6. The van der Waals surface area contributed by atoms with Crippen LogP contribution in [0.5, 0.6) is 11.5 Å². The number of aryl methyl sites for hydroxylation is 2. The van der Waals surface area contributed by atoms with E-state index in [1.165, 1.54) is 29.4 Å². The van der Waals surface area contributed by atoms with Gasteiger partial charge >= 0.3 is 5.91 Å². The molecule has 1 unspecified atom stereocenters. The third-order valence-corrected chi connectivity index (χ3v) is 6.31. The summed E-state index contributed by atoms with van der Waals surface area (Å²) in [6, 6.07) is 12.2. The van der Waals surface area contributed by atoms with E-state index in [0.717, 1.165) is 10.6 Å². The molecular weight excluding hydrogens is 416 g/mol. The van der Waals surface area contributed by atoms with E-state index in [9.17, 15) is 19.8 Å². The van der Waals surface area contributed by atoms with Gasteiger partial charge in [0.1, 0.15) is 5.76 Å². The summed E-state index contributed by atoms with van der Waals surface area (Å²) in [5, 5.41) is 21.4. The van der Waals surface area contributed by atoms with Crippen LogP contribution in [-0.4, -0.2) is 34.0 Å². The second-order valence-corrected chi connectivity index (χ2v) is 8.29. The molecule has 1 aromatic heterocycles. The van der Waals surface area contributed by atoms with Crippen LogP contribution >= 0.6 is 11.3 Å². The smallest absolute Gasteiger partial charge is 0.301 e. The summed E-state index contributed by atoms with van der Waals surface area (Å²) in [5.74, 6) is -1.74. The number of carbonyl (C=O) groups is 2. The van der Waals surface area contributed by atoms with Crippen LogP contribution in [-0.2, 0) is 9.59 Å². The molecule has 1 saturated heterocycles. The number of hydrogen-bond acceptors (Lipinski definition) is 7. The molecule has 2 aromatic carbocycles. The van der Waals surface area contributed by atoms with Gasteiger partial charge in [-0.15, -0.1) is 11.3 Å². The van der Waals surface area contributed by atoms with Crippen LogP contribution in [0.15, 0.2) is 54.1 Å². The molecule has 1 atom stereocenters. The number of carbonyl (C=O) groups excluding carboxylic acids is 2. The fraction of sp³-hybridized carbons (Fsp3) is 0.174. The predicted molar refractivity (Wildman–Crippen MR) is 117 cm³/mol. The summed E-state index contributed by atoms with van der Waals surface area (Å²) in [4.78, 5) is 32.9. The number of phenols is 1. The molecular formula is C23H20N2O5S. The number of aliphatic hydroxyl groups is 1. The van der Waals surface area contributed by atoms with E-state index in [1.54, 1.807) is 42.5 Å². The Morgan fingerprint density at radius 2 is 1.84 bits per heavy atom. The van der Waals surface area contributed by atoms with Crippen LogP contribution in [0, 0.1) is 13.8 Å². The monoisotopic (exact) mass is 436 g/mol. The number of thiazole rings is 1. The van der Waals surface area contributed by atoms with E-state index < -0.39 is 17.7 Å². The van der Waals surface area contributed by atoms with Crippen LogP contribution in [0.1, 0.15) is 27.7 Å². The van der Waals surface area contributed by atoms with Crippen LogP contribution in [0.2, 0.25) is 0 Å². The van der Waals surface area contributed by atoms with Gasteiger partial charge in [0.15, 0.2) is 16.6 Å². The van der Waals surface area contributed by atoms with Crippen molar-refractivity contribution in [1.82, 2.24) is 4.98 Å². The van der Waals surface area contributed by atoms with Crippen molar-refractivity contribution in [3.63, 3.8) is 0 Å². The number of ketones is 1. The van der Waals surface area contributed by atoms with Crippen molar-refractivity contribution < 1.29 is 24.5 Å². The number of amides is 1. The third-order valence-electron chi connectivity index (χ3n) is 5.23. The Morgan fingerprint density at radius 3 is 2.45 bits per heavy atom. The number of Topliss-reactive ketones (excluding diaryl/α,β-unsaturated/α-hetero) is 1. The highest BCUT2D eigenvalue weighted by Crippen LogP contribution is 2.45. The number of methoxy groups -OCH3 is 1. The van der Waals surface area contributed by atoms with Gasteiger partial charge in [0.25, 0.3) is 5.78 Å². The second kappa shape index (κ2) is 7.88. The summed E-state index contributed by atoms with van der Waals surface area (Å²) < 4.78 is 5.21. The van der Waals surface area contributed by atoms with Gasteiger partial charge in [0.2, 0.25) is 0 Å².